The van der Waals surface area contributed by atoms with E-state index in [0.717, 1.165) is 106 Å². The van der Waals surface area contributed by atoms with Gasteiger partial charge in [-0.2, -0.15) is 26.3 Å². The quantitative estimate of drug-likeness (QED) is 0.0881. The van der Waals surface area contributed by atoms with E-state index in [2.05, 4.69) is 21.9 Å². The number of rotatable bonds is 15. The summed E-state index contributed by atoms with van der Waals surface area (Å²) in [6.07, 6.45) is 1.20. The zero-order chi connectivity index (χ0) is 49.6. The van der Waals surface area contributed by atoms with Gasteiger partial charge >= 0.3 is 31.2 Å². The van der Waals surface area contributed by atoms with Crippen molar-refractivity contribution in [1.82, 2.24) is 19.6 Å². The van der Waals surface area contributed by atoms with E-state index < -0.39 is 28.9 Å². The monoisotopic (exact) mass is 1040 g/mol. The molecule has 4 fully saturated rings. The first kappa shape index (κ1) is 59.0. The average Bonchev–Trinajstić information content (AvgIpc) is 3.27. The zero-order valence-electron chi connectivity index (χ0n) is 42.1. The number of alkyl halides is 6. The number of nitrogens with zero attached hydrogens (tertiary/aromatic N) is 4. The molecule has 0 bridgehead atoms. The molecule has 0 N–H and O–H groups in total. The predicted molar refractivity (Wildman–Crippen MR) is 272 cm³/mol. The van der Waals surface area contributed by atoms with E-state index in [4.69, 9.17) is 32.7 Å². The van der Waals surface area contributed by atoms with Gasteiger partial charge in [0, 0.05) is 66.6 Å². The number of ether oxygens (including phenoxy) is 2. The van der Waals surface area contributed by atoms with Crippen molar-refractivity contribution < 1.29 is 60.9 Å². The Morgan fingerprint density at radius 1 is 0.634 bits per heavy atom. The standard InChI is InChI=1S/C27H32ClF3N2O2.C27H34ClF3N2O.Al.Li.4H/c1-32(2)18-24(35-23-12-8-21(9-13-23)27(29,30)31)19-5-3-16-33(17-19)25(34)26(14-4-15-26)20-6-10-22(28)11-7-20;1-32(2)18-25(34-24-12-8-22(9-13-24)27(29,30)31)20-5-3-16-33(17-20)19-26(14-4-15-26)21-6-10-23(28)11-7-21;;;;;;/h6-13,19,24H,3-5,14-18H2,1-2H3;6-13,20,25H,3-5,14-19H2,1-2H3;;;;;;/q;;;+1;;;;-1/t19-,24-;20-,25-;;;;;;/m11....../s1. The van der Waals surface area contributed by atoms with E-state index in [0.29, 0.717) is 42.1 Å². The SMILES string of the molecule is CN(C)C[C@@H](Oc1ccc(C(F)(F)F)cc1)[C@@H]1CCCN(C(=O)C2(c3ccc(Cl)cc3)CCC2)C1.CN(C)C[C@@H](Oc1ccc(C(F)(F)F)cc1)[C@@H]1CCCN(CC2(c3ccc(Cl)cc3)CCC2)C1.[AlH3].[H-].[Li+]. The number of piperidine rings is 2. The molecule has 0 radical (unpaired) electrons. The number of amides is 1. The molecule has 8 rings (SSSR count). The van der Waals surface area contributed by atoms with Crippen LogP contribution in [0, 0.1) is 11.8 Å². The van der Waals surface area contributed by atoms with Gasteiger partial charge in [0.05, 0.1) is 16.5 Å². The summed E-state index contributed by atoms with van der Waals surface area (Å²) in [4.78, 5) is 22.4. The molecule has 2 heterocycles. The first-order valence-corrected chi connectivity index (χ1v) is 25.0. The van der Waals surface area contributed by atoms with Gasteiger partial charge in [-0.1, -0.05) is 60.3 Å². The van der Waals surface area contributed by atoms with Crippen LogP contribution in [0.5, 0.6) is 11.5 Å². The van der Waals surface area contributed by atoms with Crippen molar-refractivity contribution in [3.8, 4) is 11.5 Å². The number of hydrogen-bond donors (Lipinski definition) is 0. The normalized spacial score (nSPS) is 20.7. The van der Waals surface area contributed by atoms with Gasteiger partial charge in [0.2, 0.25) is 5.91 Å². The van der Waals surface area contributed by atoms with Gasteiger partial charge in [-0.05, 0) is 170 Å². The first-order chi connectivity index (χ1) is 32.7. The van der Waals surface area contributed by atoms with Crippen LogP contribution in [0.4, 0.5) is 26.3 Å². The van der Waals surface area contributed by atoms with E-state index in [1.165, 1.54) is 49.1 Å². The third-order valence-electron chi connectivity index (χ3n) is 14.7. The number of halogens is 8. The van der Waals surface area contributed by atoms with Crippen molar-refractivity contribution in [2.24, 2.45) is 11.8 Å². The molecule has 2 aliphatic carbocycles. The Morgan fingerprint density at radius 2 is 1.06 bits per heavy atom. The topological polar surface area (TPSA) is 48.5 Å². The minimum absolute atomic E-state index is 0. The van der Waals surface area contributed by atoms with Crippen molar-refractivity contribution in [2.75, 3.05) is 74.0 Å². The molecule has 4 aromatic rings. The molecule has 2 saturated carbocycles. The van der Waals surface area contributed by atoms with Crippen LogP contribution in [0.25, 0.3) is 0 Å². The molecule has 7 nitrogen and oxygen atoms in total. The van der Waals surface area contributed by atoms with Crippen LogP contribution >= 0.6 is 23.2 Å². The largest absolute Gasteiger partial charge is 1.00 e. The molecule has 4 aliphatic rings. The molecular weight excluding hydrogens is 971 g/mol. The van der Waals surface area contributed by atoms with Gasteiger partial charge in [0.1, 0.15) is 23.7 Å². The fraction of sp³-hybridized carbons (Fsp3) is 0.537. The number of likely N-dealkylation sites (N-methyl/N-ethyl adjacent to an activating group) is 2. The van der Waals surface area contributed by atoms with Crippen molar-refractivity contribution >= 4 is 46.5 Å². The summed E-state index contributed by atoms with van der Waals surface area (Å²) in [6.45, 7) is 5.65. The van der Waals surface area contributed by atoms with Crippen molar-refractivity contribution in [2.45, 2.75) is 99.6 Å². The van der Waals surface area contributed by atoms with Gasteiger partial charge < -0.3 is 30.5 Å². The first-order valence-electron chi connectivity index (χ1n) is 24.2. The fourth-order valence-electron chi connectivity index (χ4n) is 10.7. The molecule has 0 unspecified atom stereocenters. The van der Waals surface area contributed by atoms with Crippen LogP contribution < -0.4 is 28.3 Å². The third-order valence-corrected chi connectivity index (χ3v) is 15.2. The van der Waals surface area contributed by atoms with Gasteiger partial charge in [-0.3, -0.25) is 4.79 Å². The van der Waals surface area contributed by atoms with E-state index >= 15 is 0 Å². The fourth-order valence-corrected chi connectivity index (χ4v) is 11.0. The van der Waals surface area contributed by atoms with Crippen LogP contribution in [-0.2, 0) is 28.0 Å². The summed E-state index contributed by atoms with van der Waals surface area (Å²) >= 11 is 12.2. The average molecular weight is 1040 g/mol. The second kappa shape index (κ2) is 25.6. The maximum absolute atomic E-state index is 13.8. The van der Waals surface area contributed by atoms with Gasteiger partial charge in [0.15, 0.2) is 17.4 Å². The van der Waals surface area contributed by atoms with Crippen LogP contribution in [0.15, 0.2) is 97.1 Å². The minimum atomic E-state index is -4.38. The molecule has 2 aliphatic heterocycles. The smallest absolute Gasteiger partial charge is 1.00 e. The Labute approximate surface area is 450 Å². The Bertz CT molecular complexity index is 2270. The van der Waals surface area contributed by atoms with Crippen LogP contribution in [0.1, 0.15) is 87.9 Å². The van der Waals surface area contributed by atoms with Crippen molar-refractivity contribution in [1.29, 1.82) is 0 Å². The summed E-state index contributed by atoms with van der Waals surface area (Å²) in [5.41, 5.74) is 0.745. The second-order valence-electron chi connectivity index (χ2n) is 20.3. The molecule has 17 heteroatoms. The Kier molecular flexibility index (Phi) is 21.3. The molecule has 1 amide bonds. The van der Waals surface area contributed by atoms with E-state index in [1.54, 1.807) is 0 Å². The van der Waals surface area contributed by atoms with Crippen LogP contribution in [-0.4, -0.2) is 129 Å². The number of carbonyl (C=O) groups is 1. The summed E-state index contributed by atoms with van der Waals surface area (Å²) in [7, 11) is 7.90. The number of likely N-dealkylation sites (tertiary alicyclic amines) is 2. The number of benzene rings is 4. The van der Waals surface area contributed by atoms with Gasteiger partial charge in [-0.25, -0.2) is 0 Å². The van der Waals surface area contributed by atoms with Crippen molar-refractivity contribution in [3.05, 3.63) is 129 Å². The van der Waals surface area contributed by atoms with Gasteiger partial charge in [-0.15, -0.1) is 0 Å². The molecule has 384 valence electrons. The molecule has 0 spiro atoms. The summed E-state index contributed by atoms with van der Waals surface area (Å²) in [5.74, 6) is 1.47. The molecule has 4 aromatic carbocycles. The third kappa shape index (κ3) is 15.4. The predicted octanol–water partition coefficient (Wildman–Crippen LogP) is 8.46. The number of hydrogen-bond acceptors (Lipinski definition) is 6. The van der Waals surface area contributed by atoms with E-state index in [-0.39, 0.29) is 67.1 Å². The summed E-state index contributed by atoms with van der Waals surface area (Å²) in [6, 6.07) is 25.8. The minimum Gasteiger partial charge on any atom is -1.00 e. The molecule has 0 aromatic heterocycles. The molecule has 4 atom stereocenters. The molecule has 71 heavy (non-hydrogen) atoms. The maximum atomic E-state index is 13.8. The zero-order valence-corrected chi connectivity index (χ0v) is 42.6. The van der Waals surface area contributed by atoms with E-state index in [1.807, 2.05) is 74.4 Å². The Hall–Kier alpha value is -2.88. The van der Waals surface area contributed by atoms with Crippen LogP contribution in [0.3, 0.4) is 0 Å². The molecular formula is C54H70AlCl2F6LiN4O3. The van der Waals surface area contributed by atoms with Crippen molar-refractivity contribution in [3.63, 3.8) is 0 Å². The van der Waals surface area contributed by atoms with E-state index in [9.17, 15) is 31.1 Å². The van der Waals surface area contributed by atoms with Gasteiger partial charge in [0.25, 0.3) is 0 Å². The summed E-state index contributed by atoms with van der Waals surface area (Å²) < 4.78 is 90.2. The second-order valence-corrected chi connectivity index (χ2v) is 21.1. The number of carbonyl (C=O) groups excluding carboxylic acids is 1. The Balaban J connectivity index is 0.000000300. The van der Waals surface area contributed by atoms with Crippen LogP contribution in [0.2, 0.25) is 10.0 Å². The summed E-state index contributed by atoms with van der Waals surface area (Å²) in [5, 5.41) is 1.42. The maximum Gasteiger partial charge on any atom is 1.00 e. The molecule has 2 saturated heterocycles. The Morgan fingerprint density at radius 3 is 1.45 bits per heavy atom.